The molecule has 0 spiro atoms. The zero-order valence-corrected chi connectivity index (χ0v) is 21.1. The molecule has 1 aromatic heterocycles. The number of nitrogens with one attached hydrogen (secondary N) is 1. The Morgan fingerprint density at radius 2 is 1.94 bits per heavy atom. The minimum atomic E-state index is -4.32. The average molecular weight is 565 g/mol. The van der Waals surface area contributed by atoms with Gasteiger partial charge in [-0.2, -0.15) is 18.3 Å². The number of aryl methyl sites for hydroxylation is 1. The quantitative estimate of drug-likeness (QED) is 0.342. The summed E-state index contributed by atoms with van der Waals surface area (Å²) in [5.41, 5.74) is 0.291. The summed E-state index contributed by atoms with van der Waals surface area (Å²) in [7, 11) is 7.54. The van der Waals surface area contributed by atoms with E-state index in [1.165, 1.54) is 18.5 Å². The molecule has 3 rings (SSSR count). The normalized spacial score (nSPS) is 20.0. The summed E-state index contributed by atoms with van der Waals surface area (Å²) in [5, 5.41) is 7.53. The van der Waals surface area contributed by atoms with Gasteiger partial charge in [0.25, 0.3) is 0 Å². The molecule has 11 heteroatoms. The summed E-state index contributed by atoms with van der Waals surface area (Å²) in [6.07, 6.45) is -0.760. The topological polar surface area (TPSA) is 61.6 Å². The number of hydrogen-bond acceptors (Lipinski definition) is 4. The number of aromatic nitrogens is 3. The number of hydrogen-bond donors (Lipinski definition) is 1. The number of guanidine groups is 1. The molecule has 1 aliphatic heterocycles. The zero-order chi connectivity index (χ0) is 22.6. The summed E-state index contributed by atoms with van der Waals surface area (Å²) in [5.74, 6) is 1.81. The van der Waals surface area contributed by atoms with Crippen molar-refractivity contribution in [2.75, 3.05) is 34.2 Å². The van der Waals surface area contributed by atoms with E-state index in [4.69, 9.17) is 0 Å². The van der Waals surface area contributed by atoms with Gasteiger partial charge in [0, 0.05) is 33.7 Å². The predicted octanol–water partition coefficient (Wildman–Crippen LogP) is 3.54. The first-order chi connectivity index (χ1) is 14.7. The van der Waals surface area contributed by atoms with Gasteiger partial charge < -0.3 is 10.2 Å². The summed E-state index contributed by atoms with van der Waals surface area (Å²) < 4.78 is 40.6. The van der Waals surface area contributed by atoms with Crippen LogP contribution in [0.5, 0.6) is 0 Å². The molecule has 2 unspecified atom stereocenters. The Morgan fingerprint density at radius 3 is 2.50 bits per heavy atom. The molecule has 0 radical (unpaired) electrons. The molecule has 0 aliphatic carbocycles. The molecule has 32 heavy (non-hydrogen) atoms. The molecule has 0 saturated carbocycles. The first kappa shape index (κ1) is 26.4. The molecule has 2 heterocycles. The Balaban J connectivity index is 0.00000363. The summed E-state index contributed by atoms with van der Waals surface area (Å²) >= 11 is 0. The van der Waals surface area contributed by atoms with Crippen LogP contribution in [0.3, 0.4) is 0 Å². The van der Waals surface area contributed by atoms with Crippen molar-refractivity contribution < 1.29 is 13.2 Å². The first-order valence-corrected chi connectivity index (χ1v) is 10.3. The van der Waals surface area contributed by atoms with Crippen LogP contribution in [0.15, 0.2) is 35.6 Å². The lowest BCUT2D eigenvalue weighted by atomic mass is 9.84. The maximum Gasteiger partial charge on any atom is 0.416 e. The molecule has 2 aromatic rings. The second-order valence-corrected chi connectivity index (χ2v) is 8.03. The van der Waals surface area contributed by atoms with E-state index in [0.29, 0.717) is 13.1 Å². The molecule has 1 N–H and O–H groups in total. The number of piperidine rings is 1. The Kier molecular flexibility index (Phi) is 9.31. The minimum absolute atomic E-state index is 0. The molecule has 7 nitrogen and oxygen atoms in total. The number of benzene rings is 1. The molecule has 178 valence electrons. The smallest absolute Gasteiger partial charge is 0.356 e. The van der Waals surface area contributed by atoms with Crippen molar-refractivity contribution in [3.63, 3.8) is 0 Å². The van der Waals surface area contributed by atoms with Crippen molar-refractivity contribution in [1.82, 2.24) is 29.9 Å². The lowest BCUT2D eigenvalue weighted by Gasteiger charge is -2.40. The fourth-order valence-electron chi connectivity index (χ4n) is 4.23. The Labute approximate surface area is 204 Å². The largest absolute Gasteiger partial charge is 0.416 e. The van der Waals surface area contributed by atoms with Crippen molar-refractivity contribution in [2.24, 2.45) is 18.0 Å². The van der Waals surface area contributed by atoms with Gasteiger partial charge in [0.15, 0.2) is 5.96 Å². The first-order valence-electron chi connectivity index (χ1n) is 10.3. The van der Waals surface area contributed by atoms with Gasteiger partial charge >= 0.3 is 6.18 Å². The lowest BCUT2D eigenvalue weighted by Crippen LogP contribution is -2.45. The third kappa shape index (κ3) is 6.33. The lowest BCUT2D eigenvalue weighted by molar-refractivity contribution is -0.137. The fraction of sp³-hybridized carbons (Fsp3) is 0.571. The number of alkyl halides is 3. The third-order valence-corrected chi connectivity index (χ3v) is 5.87. The van der Waals surface area contributed by atoms with Gasteiger partial charge in [-0.05, 0) is 50.0 Å². The van der Waals surface area contributed by atoms with Crippen molar-refractivity contribution >= 4 is 29.9 Å². The highest BCUT2D eigenvalue weighted by Gasteiger charge is 2.33. The summed E-state index contributed by atoms with van der Waals surface area (Å²) in [6, 6.07) is 5.62. The zero-order valence-electron chi connectivity index (χ0n) is 18.8. The van der Waals surface area contributed by atoms with Crippen LogP contribution >= 0.6 is 24.0 Å². The van der Waals surface area contributed by atoms with Crippen LogP contribution in [0.1, 0.15) is 35.8 Å². The van der Waals surface area contributed by atoms with Crippen molar-refractivity contribution in [1.29, 1.82) is 0 Å². The standard InChI is InChI=1S/C21H30F3N7.HI/c1-25-20(30(3)13-18-27-14-28-31(18)4)26-12-16-6-5-11-29(2)19(16)15-7-9-17(10-8-15)21(22,23)24;/h7-10,14,16,19H,5-6,11-13H2,1-4H3,(H,25,26);1H. The predicted molar refractivity (Wildman–Crippen MR) is 129 cm³/mol. The minimum Gasteiger partial charge on any atom is -0.356 e. The summed E-state index contributed by atoms with van der Waals surface area (Å²) in [4.78, 5) is 12.8. The van der Waals surface area contributed by atoms with E-state index in [-0.39, 0.29) is 35.9 Å². The van der Waals surface area contributed by atoms with Crippen LogP contribution in [-0.4, -0.2) is 64.8 Å². The van der Waals surface area contributed by atoms with Gasteiger partial charge in [-0.3, -0.25) is 14.6 Å². The number of aliphatic imine (C=N–C) groups is 1. The van der Waals surface area contributed by atoms with Crippen LogP contribution in [0.2, 0.25) is 0 Å². The van der Waals surface area contributed by atoms with E-state index in [0.717, 1.165) is 36.7 Å². The number of rotatable bonds is 5. The van der Waals surface area contributed by atoms with Gasteiger partial charge in [0.2, 0.25) is 0 Å². The monoisotopic (exact) mass is 565 g/mol. The number of likely N-dealkylation sites (tertiary alicyclic amines) is 1. The molecular weight excluding hydrogens is 534 g/mol. The van der Waals surface area contributed by atoms with E-state index in [1.807, 2.05) is 26.0 Å². The molecule has 1 aliphatic rings. The van der Waals surface area contributed by atoms with Crippen molar-refractivity contribution in [3.05, 3.63) is 47.5 Å². The molecular formula is C21H31F3IN7. The molecule has 1 aromatic carbocycles. The van der Waals surface area contributed by atoms with Crippen molar-refractivity contribution in [2.45, 2.75) is 31.6 Å². The molecule has 0 bridgehead atoms. The van der Waals surface area contributed by atoms with Crippen LogP contribution in [0.25, 0.3) is 0 Å². The average Bonchev–Trinajstić information content (AvgIpc) is 3.12. The van der Waals surface area contributed by atoms with E-state index in [2.05, 4.69) is 25.3 Å². The molecule has 1 fully saturated rings. The van der Waals surface area contributed by atoms with E-state index in [9.17, 15) is 13.2 Å². The Hall–Kier alpha value is -1.89. The molecule has 0 amide bonds. The van der Waals surface area contributed by atoms with Gasteiger partial charge in [-0.1, -0.05) is 12.1 Å². The summed E-state index contributed by atoms with van der Waals surface area (Å²) in [6.45, 7) is 2.15. The van der Waals surface area contributed by atoms with E-state index >= 15 is 0 Å². The fourth-order valence-corrected chi connectivity index (χ4v) is 4.23. The SMILES string of the molecule is CN=C(NCC1CCCN(C)C1c1ccc(C(F)(F)F)cc1)N(C)Cc1ncnn1C.I. The highest BCUT2D eigenvalue weighted by Crippen LogP contribution is 2.36. The van der Waals surface area contributed by atoms with Crippen LogP contribution in [0, 0.1) is 5.92 Å². The van der Waals surface area contributed by atoms with Gasteiger partial charge in [0.1, 0.15) is 12.2 Å². The number of nitrogens with zero attached hydrogens (tertiary/aromatic N) is 6. The third-order valence-electron chi connectivity index (χ3n) is 5.87. The van der Waals surface area contributed by atoms with Crippen LogP contribution < -0.4 is 5.32 Å². The van der Waals surface area contributed by atoms with Gasteiger partial charge in [-0.25, -0.2) is 4.98 Å². The second-order valence-electron chi connectivity index (χ2n) is 8.03. The highest BCUT2D eigenvalue weighted by atomic mass is 127. The van der Waals surface area contributed by atoms with E-state index < -0.39 is 11.7 Å². The maximum absolute atomic E-state index is 13.0. The van der Waals surface area contributed by atoms with Crippen molar-refractivity contribution in [3.8, 4) is 0 Å². The van der Waals surface area contributed by atoms with Crippen LogP contribution in [-0.2, 0) is 19.8 Å². The molecule has 1 saturated heterocycles. The van der Waals surface area contributed by atoms with Gasteiger partial charge in [0.05, 0.1) is 12.1 Å². The highest BCUT2D eigenvalue weighted by molar-refractivity contribution is 14.0. The number of halogens is 4. The second kappa shape index (κ2) is 11.3. The Bertz CT molecular complexity index is 882. The maximum atomic E-state index is 13.0. The van der Waals surface area contributed by atoms with E-state index in [1.54, 1.807) is 23.9 Å². The van der Waals surface area contributed by atoms with Gasteiger partial charge in [-0.15, -0.1) is 24.0 Å². The molecule has 2 atom stereocenters. The van der Waals surface area contributed by atoms with Crippen LogP contribution in [0.4, 0.5) is 13.2 Å². The Morgan fingerprint density at radius 1 is 1.25 bits per heavy atom.